The van der Waals surface area contributed by atoms with Crippen LogP contribution in [-0.2, 0) is 11.3 Å². The zero-order chi connectivity index (χ0) is 13.1. The number of amides is 1. The fourth-order valence-electron chi connectivity index (χ4n) is 2.36. The van der Waals surface area contributed by atoms with Gasteiger partial charge in [-0.3, -0.25) is 4.79 Å². The monoisotopic (exact) mass is 275 g/mol. The Balaban J connectivity index is 1.63. The molecule has 1 unspecified atom stereocenters. The normalized spacial score (nSPS) is 21.9. The van der Waals surface area contributed by atoms with Crippen LogP contribution >= 0.6 is 11.8 Å². The molecule has 3 rings (SSSR count). The van der Waals surface area contributed by atoms with E-state index in [9.17, 15) is 4.79 Å². The second-order valence-electron chi connectivity index (χ2n) is 4.90. The van der Waals surface area contributed by atoms with E-state index in [1.54, 1.807) is 0 Å². The van der Waals surface area contributed by atoms with Gasteiger partial charge < -0.3 is 10.6 Å². The van der Waals surface area contributed by atoms with Crippen LogP contribution in [0, 0.1) is 0 Å². The van der Waals surface area contributed by atoms with E-state index >= 15 is 0 Å². The Kier molecular flexibility index (Phi) is 3.84. The van der Waals surface area contributed by atoms with Gasteiger partial charge in [0.15, 0.2) is 0 Å². The van der Waals surface area contributed by atoms with Crippen molar-refractivity contribution in [3.8, 4) is 0 Å². The van der Waals surface area contributed by atoms with Crippen LogP contribution in [0.1, 0.15) is 24.8 Å². The van der Waals surface area contributed by atoms with Crippen LogP contribution in [0.3, 0.4) is 0 Å². The third-order valence-corrected chi connectivity index (χ3v) is 4.39. The van der Waals surface area contributed by atoms with Gasteiger partial charge in [0.05, 0.1) is 11.4 Å². The molecule has 0 bridgehead atoms. The SMILES string of the molecule is O=C1CSc2ncc(CNC3CC=CCC3)cc2N1. The predicted octanol–water partition coefficient (Wildman–Crippen LogP) is 2.32. The van der Waals surface area contributed by atoms with Crippen LogP contribution in [-0.4, -0.2) is 22.7 Å². The van der Waals surface area contributed by atoms with E-state index in [4.69, 9.17) is 0 Å². The van der Waals surface area contributed by atoms with Crippen molar-refractivity contribution in [1.29, 1.82) is 0 Å². The molecule has 1 atom stereocenters. The van der Waals surface area contributed by atoms with Crippen LogP contribution in [0.25, 0.3) is 0 Å². The molecule has 0 fully saturated rings. The first-order valence-corrected chi connectivity index (χ1v) is 7.60. The maximum absolute atomic E-state index is 11.4. The van der Waals surface area contributed by atoms with Crippen LogP contribution in [0.4, 0.5) is 5.69 Å². The molecule has 2 aliphatic rings. The standard InChI is InChI=1S/C14H17N3OS/c18-13-9-19-14-12(17-13)6-10(8-16-14)7-15-11-4-2-1-3-5-11/h1-2,6,8,11,15H,3-5,7,9H2,(H,17,18). The van der Waals surface area contributed by atoms with E-state index in [1.807, 2.05) is 12.3 Å². The van der Waals surface area contributed by atoms with Crippen molar-refractivity contribution in [2.24, 2.45) is 0 Å². The number of nitrogens with zero attached hydrogens (tertiary/aromatic N) is 1. The first kappa shape index (κ1) is 12.7. The van der Waals surface area contributed by atoms with Crippen LogP contribution in [0.15, 0.2) is 29.4 Å². The Morgan fingerprint density at radius 1 is 1.47 bits per heavy atom. The van der Waals surface area contributed by atoms with Crippen LogP contribution in [0.5, 0.6) is 0 Å². The van der Waals surface area contributed by atoms with Crippen molar-refractivity contribution in [2.75, 3.05) is 11.1 Å². The highest BCUT2D eigenvalue weighted by Gasteiger charge is 2.17. The number of pyridine rings is 1. The highest BCUT2D eigenvalue weighted by molar-refractivity contribution is 8.00. The minimum absolute atomic E-state index is 0.0572. The molecule has 0 saturated heterocycles. The van der Waals surface area contributed by atoms with Crippen LogP contribution in [0.2, 0.25) is 0 Å². The molecule has 2 heterocycles. The molecular formula is C14H17N3OS. The minimum atomic E-state index is 0.0572. The maximum atomic E-state index is 11.4. The topological polar surface area (TPSA) is 54.0 Å². The lowest BCUT2D eigenvalue weighted by atomic mass is 10.0. The van der Waals surface area contributed by atoms with Crippen molar-refractivity contribution < 1.29 is 4.79 Å². The molecular weight excluding hydrogens is 258 g/mol. The van der Waals surface area contributed by atoms with Crippen molar-refractivity contribution in [3.05, 3.63) is 30.0 Å². The number of thioether (sulfide) groups is 1. The number of aromatic nitrogens is 1. The molecule has 1 aliphatic heterocycles. The van der Waals surface area contributed by atoms with Gasteiger partial charge in [-0.1, -0.05) is 23.9 Å². The van der Waals surface area contributed by atoms with E-state index in [1.165, 1.54) is 18.2 Å². The number of carbonyl (C=O) groups is 1. The predicted molar refractivity (Wildman–Crippen MR) is 77.2 cm³/mol. The molecule has 1 aliphatic carbocycles. The fourth-order valence-corrected chi connectivity index (χ4v) is 3.09. The minimum Gasteiger partial charge on any atom is -0.323 e. The molecule has 4 nitrogen and oxygen atoms in total. The lowest BCUT2D eigenvalue weighted by Crippen LogP contribution is -2.29. The zero-order valence-electron chi connectivity index (χ0n) is 10.7. The third kappa shape index (κ3) is 3.16. The Morgan fingerprint density at radius 3 is 3.26 bits per heavy atom. The molecule has 100 valence electrons. The summed E-state index contributed by atoms with van der Waals surface area (Å²) >= 11 is 1.50. The number of carbonyl (C=O) groups excluding carboxylic acids is 1. The van der Waals surface area contributed by atoms with Gasteiger partial charge in [0, 0.05) is 18.8 Å². The average Bonchev–Trinajstić information content (AvgIpc) is 2.46. The maximum Gasteiger partial charge on any atom is 0.234 e. The molecule has 2 N–H and O–H groups in total. The number of nitrogens with one attached hydrogen (secondary N) is 2. The molecule has 19 heavy (non-hydrogen) atoms. The molecule has 0 radical (unpaired) electrons. The van der Waals surface area contributed by atoms with Gasteiger partial charge in [0.2, 0.25) is 5.91 Å². The Bertz CT molecular complexity index is 515. The second kappa shape index (κ2) is 5.75. The summed E-state index contributed by atoms with van der Waals surface area (Å²) in [5.41, 5.74) is 1.97. The van der Waals surface area contributed by atoms with Crippen molar-refractivity contribution in [3.63, 3.8) is 0 Å². The van der Waals surface area contributed by atoms with Gasteiger partial charge in [-0.2, -0.15) is 0 Å². The smallest absolute Gasteiger partial charge is 0.234 e. The van der Waals surface area contributed by atoms with Crippen molar-refractivity contribution >= 4 is 23.4 Å². The lowest BCUT2D eigenvalue weighted by molar-refractivity contribution is -0.113. The van der Waals surface area contributed by atoms with Crippen molar-refractivity contribution in [1.82, 2.24) is 10.3 Å². The number of hydrogen-bond acceptors (Lipinski definition) is 4. The van der Waals surface area contributed by atoms with E-state index in [2.05, 4.69) is 27.8 Å². The molecule has 1 amide bonds. The van der Waals surface area contributed by atoms with Crippen LogP contribution < -0.4 is 10.6 Å². The van der Waals surface area contributed by atoms with E-state index < -0.39 is 0 Å². The summed E-state index contributed by atoms with van der Waals surface area (Å²) in [5, 5.41) is 7.34. The quantitative estimate of drug-likeness (QED) is 0.831. The molecule has 0 saturated carbocycles. The summed E-state index contributed by atoms with van der Waals surface area (Å²) in [6.45, 7) is 0.805. The first-order valence-electron chi connectivity index (χ1n) is 6.61. The van der Waals surface area contributed by atoms with Gasteiger partial charge in [0.1, 0.15) is 5.03 Å². The first-order chi connectivity index (χ1) is 9.31. The van der Waals surface area contributed by atoms with Gasteiger partial charge in [-0.05, 0) is 30.9 Å². The van der Waals surface area contributed by atoms with Gasteiger partial charge in [-0.15, -0.1) is 0 Å². The number of rotatable bonds is 3. The largest absolute Gasteiger partial charge is 0.323 e. The number of fused-ring (bicyclic) bond motifs is 1. The molecule has 0 aromatic carbocycles. The lowest BCUT2D eigenvalue weighted by Gasteiger charge is -2.20. The fraction of sp³-hybridized carbons (Fsp3) is 0.429. The summed E-state index contributed by atoms with van der Waals surface area (Å²) in [7, 11) is 0. The Morgan fingerprint density at radius 2 is 2.42 bits per heavy atom. The second-order valence-corrected chi connectivity index (χ2v) is 5.86. The number of allylic oxidation sites excluding steroid dienone is 1. The van der Waals surface area contributed by atoms with Gasteiger partial charge in [-0.25, -0.2) is 4.98 Å². The van der Waals surface area contributed by atoms with Gasteiger partial charge in [0.25, 0.3) is 0 Å². The zero-order valence-corrected chi connectivity index (χ0v) is 11.5. The number of anilines is 1. The third-order valence-electron chi connectivity index (χ3n) is 3.39. The van der Waals surface area contributed by atoms with Gasteiger partial charge >= 0.3 is 0 Å². The number of hydrogen-bond donors (Lipinski definition) is 2. The summed E-state index contributed by atoms with van der Waals surface area (Å²) < 4.78 is 0. The summed E-state index contributed by atoms with van der Waals surface area (Å²) in [6, 6.07) is 2.59. The van der Waals surface area contributed by atoms with E-state index in [-0.39, 0.29) is 5.91 Å². The Labute approximate surface area is 117 Å². The molecule has 1 aromatic rings. The molecule has 0 spiro atoms. The summed E-state index contributed by atoms with van der Waals surface area (Å²) in [6.07, 6.45) is 9.84. The molecule has 5 heteroatoms. The highest BCUT2D eigenvalue weighted by atomic mass is 32.2. The highest BCUT2D eigenvalue weighted by Crippen LogP contribution is 2.29. The van der Waals surface area contributed by atoms with Crippen molar-refractivity contribution in [2.45, 2.75) is 36.9 Å². The van der Waals surface area contributed by atoms with E-state index in [0.717, 1.165) is 35.7 Å². The average molecular weight is 275 g/mol. The summed E-state index contributed by atoms with van der Waals surface area (Å²) in [5.74, 6) is 0.522. The Hall–Kier alpha value is -1.33. The summed E-state index contributed by atoms with van der Waals surface area (Å²) in [4.78, 5) is 15.8. The van der Waals surface area contributed by atoms with E-state index in [0.29, 0.717) is 11.8 Å². The molecule has 1 aromatic heterocycles.